The summed E-state index contributed by atoms with van der Waals surface area (Å²) in [5.74, 6) is -1.22. The van der Waals surface area contributed by atoms with Crippen molar-refractivity contribution in [1.82, 2.24) is 5.32 Å². The van der Waals surface area contributed by atoms with Crippen LogP contribution >= 0.6 is 11.6 Å². The highest BCUT2D eigenvalue weighted by molar-refractivity contribution is 6.36. The number of fused-ring (bicyclic) bond motifs is 3. The van der Waals surface area contributed by atoms with Crippen molar-refractivity contribution in [2.75, 3.05) is 26.6 Å². The number of carbonyl (C=O) groups excluding carboxylic acids is 4. The Bertz CT molecular complexity index is 2040. The standard InChI is InChI=1S/C37H33ClN2O9/c1-18-15-26-29(34(42)37(18)35(43)30-25(46-3)17-27(47-4)31(38)33(30)49-37)22(32(48-26)20-9-12-21(45-2)13-10-20)16-28(41)39-24-14-11-19-7-5-6-8-23(19)40-36(24)44/h5-10,12-13,17-18,24H,11,14-16H2,1-4H3,(H,39,41)(H,40,44). The second kappa shape index (κ2) is 12.3. The fourth-order valence-corrected chi connectivity index (χ4v) is 7.30. The molecule has 12 heteroatoms. The monoisotopic (exact) mass is 684 g/mol. The number of anilines is 1. The average Bonchev–Trinajstić information content (AvgIpc) is 3.56. The second-order valence-electron chi connectivity index (χ2n) is 12.3. The van der Waals surface area contributed by atoms with Gasteiger partial charge in [0.15, 0.2) is 5.75 Å². The highest BCUT2D eigenvalue weighted by atomic mass is 35.5. The Morgan fingerprint density at radius 2 is 1.69 bits per heavy atom. The molecular formula is C37H33ClN2O9. The molecule has 3 atom stereocenters. The number of carbonyl (C=O) groups is 4. The molecule has 2 aliphatic heterocycles. The first kappa shape index (κ1) is 32.3. The van der Waals surface area contributed by atoms with Crippen LogP contribution in [0.3, 0.4) is 0 Å². The second-order valence-corrected chi connectivity index (χ2v) is 12.7. The zero-order valence-electron chi connectivity index (χ0n) is 27.2. The lowest BCUT2D eigenvalue weighted by atomic mass is 9.70. The van der Waals surface area contributed by atoms with E-state index in [1.165, 1.54) is 20.3 Å². The minimum atomic E-state index is -2.00. The van der Waals surface area contributed by atoms with Crippen molar-refractivity contribution in [2.45, 2.75) is 44.2 Å². The molecule has 1 aliphatic carbocycles. The molecule has 3 heterocycles. The molecule has 1 aromatic heterocycles. The van der Waals surface area contributed by atoms with Crippen LogP contribution in [0.2, 0.25) is 5.02 Å². The number of furan rings is 1. The van der Waals surface area contributed by atoms with E-state index in [1.807, 2.05) is 24.3 Å². The largest absolute Gasteiger partial charge is 0.497 e. The summed E-state index contributed by atoms with van der Waals surface area (Å²) < 4.78 is 28.9. The number of methoxy groups -OCH3 is 3. The number of ether oxygens (including phenoxy) is 4. The fourth-order valence-electron chi connectivity index (χ4n) is 7.03. The maximum atomic E-state index is 14.8. The van der Waals surface area contributed by atoms with Gasteiger partial charge >= 0.3 is 0 Å². The molecule has 0 bridgehead atoms. The van der Waals surface area contributed by atoms with Gasteiger partial charge in [-0.3, -0.25) is 19.2 Å². The van der Waals surface area contributed by atoms with E-state index in [0.29, 0.717) is 41.4 Å². The number of nitrogens with one attached hydrogen (secondary N) is 2. The van der Waals surface area contributed by atoms with Gasteiger partial charge in [0.25, 0.3) is 0 Å². The van der Waals surface area contributed by atoms with Gasteiger partial charge in [0, 0.05) is 35.2 Å². The topological polar surface area (TPSA) is 142 Å². The number of amides is 2. The van der Waals surface area contributed by atoms with Gasteiger partial charge < -0.3 is 34.0 Å². The first-order chi connectivity index (χ1) is 23.6. The van der Waals surface area contributed by atoms with E-state index in [0.717, 1.165) is 5.56 Å². The Morgan fingerprint density at radius 1 is 0.980 bits per heavy atom. The van der Waals surface area contributed by atoms with Crippen LogP contribution in [0.5, 0.6) is 23.0 Å². The lowest BCUT2D eigenvalue weighted by molar-refractivity contribution is -0.126. The van der Waals surface area contributed by atoms with Gasteiger partial charge in [0.2, 0.25) is 29.0 Å². The molecule has 3 aliphatic rings. The highest BCUT2D eigenvalue weighted by Crippen LogP contribution is 2.54. The van der Waals surface area contributed by atoms with Crippen molar-refractivity contribution >= 4 is 40.7 Å². The zero-order chi connectivity index (χ0) is 34.6. The smallest absolute Gasteiger partial charge is 0.246 e. The number of aryl methyl sites for hydroxylation is 1. The van der Waals surface area contributed by atoms with Crippen molar-refractivity contribution < 1.29 is 42.5 Å². The number of benzene rings is 3. The van der Waals surface area contributed by atoms with Gasteiger partial charge in [-0.2, -0.15) is 0 Å². The van der Waals surface area contributed by atoms with Crippen molar-refractivity contribution in [1.29, 1.82) is 0 Å². The van der Waals surface area contributed by atoms with Gasteiger partial charge in [-0.1, -0.05) is 36.7 Å². The van der Waals surface area contributed by atoms with Crippen LogP contribution in [0.25, 0.3) is 11.3 Å². The number of rotatable bonds is 7. The van der Waals surface area contributed by atoms with Gasteiger partial charge in [0.05, 0.1) is 33.3 Å². The van der Waals surface area contributed by atoms with E-state index >= 15 is 0 Å². The van der Waals surface area contributed by atoms with E-state index in [9.17, 15) is 19.2 Å². The van der Waals surface area contributed by atoms with Crippen molar-refractivity contribution in [3.05, 3.63) is 87.6 Å². The summed E-state index contributed by atoms with van der Waals surface area (Å²) in [6, 6.07) is 15.1. The lowest BCUT2D eigenvalue weighted by Crippen LogP contribution is -2.56. The maximum absolute atomic E-state index is 14.8. The normalized spacial score (nSPS) is 20.8. The average molecular weight is 685 g/mol. The fraction of sp³-hybridized carbons (Fsp3) is 0.297. The molecule has 3 aromatic carbocycles. The molecule has 3 unspecified atom stereocenters. The molecule has 2 N–H and O–H groups in total. The highest BCUT2D eigenvalue weighted by Gasteiger charge is 2.63. The predicted octanol–water partition coefficient (Wildman–Crippen LogP) is 5.63. The first-order valence-electron chi connectivity index (χ1n) is 15.8. The Hall–Kier alpha value is -5.29. The third-order valence-electron chi connectivity index (χ3n) is 9.57. The van der Waals surface area contributed by atoms with Crippen LogP contribution in [0, 0.1) is 5.92 Å². The maximum Gasteiger partial charge on any atom is 0.246 e. The molecule has 0 saturated carbocycles. The van der Waals surface area contributed by atoms with E-state index < -0.39 is 35.0 Å². The molecule has 11 nitrogen and oxygen atoms in total. The Balaban J connectivity index is 1.28. The SMILES string of the molecule is COc1ccc(-c2oc3c(c2CC(=O)NC2CCc4ccccc4NC2=O)C(=O)C2(Oc4c(Cl)c(OC)cc(OC)c4C2=O)C(C)C3)cc1. The van der Waals surface area contributed by atoms with E-state index in [2.05, 4.69) is 10.6 Å². The molecule has 252 valence electrons. The quantitative estimate of drug-likeness (QED) is 0.237. The summed E-state index contributed by atoms with van der Waals surface area (Å²) in [5, 5.41) is 5.78. The van der Waals surface area contributed by atoms with Gasteiger partial charge in [0.1, 0.15) is 45.4 Å². The van der Waals surface area contributed by atoms with Gasteiger partial charge in [-0.05, 0) is 48.7 Å². The number of halogens is 1. The number of hydrogen-bond acceptors (Lipinski definition) is 9. The van der Waals surface area contributed by atoms with E-state index in [4.69, 9.17) is 35.0 Å². The third kappa shape index (κ3) is 5.11. The Morgan fingerprint density at radius 3 is 2.41 bits per heavy atom. The number of hydrogen-bond donors (Lipinski definition) is 2. The molecule has 1 spiro atoms. The van der Waals surface area contributed by atoms with Crippen molar-refractivity contribution in [3.63, 3.8) is 0 Å². The summed E-state index contributed by atoms with van der Waals surface area (Å²) in [6.45, 7) is 1.73. The summed E-state index contributed by atoms with van der Waals surface area (Å²) in [6.07, 6.45) is 0.793. The first-order valence-corrected chi connectivity index (χ1v) is 16.2. The predicted molar refractivity (Wildman–Crippen MR) is 179 cm³/mol. The van der Waals surface area contributed by atoms with Gasteiger partial charge in [-0.15, -0.1) is 0 Å². The molecule has 49 heavy (non-hydrogen) atoms. The van der Waals surface area contributed by atoms with E-state index in [-0.39, 0.29) is 57.7 Å². The van der Waals surface area contributed by atoms with E-state index in [1.54, 1.807) is 38.3 Å². The summed E-state index contributed by atoms with van der Waals surface area (Å²) in [5.41, 5.74) is 0.658. The van der Waals surface area contributed by atoms with Crippen LogP contribution in [-0.2, 0) is 28.9 Å². The third-order valence-corrected chi connectivity index (χ3v) is 9.93. The molecule has 0 radical (unpaired) electrons. The summed E-state index contributed by atoms with van der Waals surface area (Å²) in [4.78, 5) is 56.1. The zero-order valence-corrected chi connectivity index (χ0v) is 28.0. The molecule has 2 amide bonds. The molecule has 0 fully saturated rings. The summed E-state index contributed by atoms with van der Waals surface area (Å²) in [7, 11) is 4.36. The minimum absolute atomic E-state index is 0.00921. The van der Waals surface area contributed by atoms with Crippen LogP contribution in [0.1, 0.15) is 50.9 Å². The Kier molecular flexibility index (Phi) is 8.10. The van der Waals surface area contributed by atoms with Gasteiger partial charge in [-0.25, -0.2) is 0 Å². The van der Waals surface area contributed by atoms with Crippen LogP contribution < -0.4 is 29.6 Å². The molecular weight excluding hydrogens is 652 g/mol. The number of ketones is 2. The lowest BCUT2D eigenvalue weighted by Gasteiger charge is -2.35. The minimum Gasteiger partial charge on any atom is -0.497 e. The van der Waals surface area contributed by atoms with Crippen LogP contribution in [0.4, 0.5) is 5.69 Å². The number of para-hydroxylation sites is 1. The number of Topliss-reactive ketones (excluding diaryl/α,β-unsaturated/α-hetero) is 2. The van der Waals surface area contributed by atoms with Crippen LogP contribution in [0.15, 0.2) is 59.0 Å². The summed E-state index contributed by atoms with van der Waals surface area (Å²) >= 11 is 6.62. The van der Waals surface area contributed by atoms with Crippen molar-refractivity contribution in [3.8, 4) is 34.3 Å². The van der Waals surface area contributed by atoms with Crippen LogP contribution in [-0.4, -0.2) is 56.4 Å². The molecule has 7 rings (SSSR count). The molecule has 4 aromatic rings. The molecule has 0 saturated heterocycles. The van der Waals surface area contributed by atoms with Crippen molar-refractivity contribution in [2.24, 2.45) is 5.92 Å². The Labute approximate surface area is 286 Å².